The number of rotatable bonds is 1. The lowest BCUT2D eigenvalue weighted by Gasteiger charge is -2.06. The van der Waals surface area contributed by atoms with E-state index in [1.807, 2.05) is 24.3 Å². The van der Waals surface area contributed by atoms with Crippen LogP contribution in [0.4, 0.5) is 0 Å². The molecule has 0 spiro atoms. The van der Waals surface area contributed by atoms with Gasteiger partial charge in [0.2, 0.25) is 0 Å². The minimum atomic E-state index is 0.671. The largest absolute Gasteiger partial charge is 0.0843 e. The highest BCUT2D eigenvalue weighted by Crippen LogP contribution is 2.34. The summed E-state index contributed by atoms with van der Waals surface area (Å²) in [6.45, 7) is 0. The zero-order valence-electron chi connectivity index (χ0n) is 7.60. The van der Waals surface area contributed by atoms with Gasteiger partial charge in [0.05, 0.1) is 0 Å². The predicted octanol–water partition coefficient (Wildman–Crippen LogP) is 5.22. The Morgan fingerprint density at radius 1 is 1.07 bits per heavy atom. The molecule has 0 atom stereocenters. The summed E-state index contributed by atoms with van der Waals surface area (Å²) < 4.78 is 0.883. The number of hydrogen-bond donors (Lipinski definition) is 0. The molecule has 2 rings (SSSR count). The Morgan fingerprint density at radius 3 is 2.60 bits per heavy atom. The molecule has 2 aromatic rings. The second-order valence-corrected chi connectivity index (χ2v) is 4.66. The van der Waals surface area contributed by atoms with Crippen LogP contribution in [0.2, 0.25) is 10.0 Å². The van der Waals surface area contributed by atoms with Crippen LogP contribution in [0.25, 0.3) is 11.1 Å². The Balaban J connectivity index is 2.64. The molecule has 2 aromatic carbocycles. The fourth-order valence-electron chi connectivity index (χ4n) is 1.33. The van der Waals surface area contributed by atoms with Crippen molar-refractivity contribution in [3.63, 3.8) is 0 Å². The van der Waals surface area contributed by atoms with Gasteiger partial charge in [-0.2, -0.15) is 0 Å². The highest BCUT2D eigenvalue weighted by molar-refractivity contribution is 9.10. The third kappa shape index (κ3) is 2.36. The first-order valence-corrected chi connectivity index (χ1v) is 5.85. The SMILES string of the molecule is Clc1ccc(Cl)c(-c2ccc[c]c2Br)c1. The van der Waals surface area contributed by atoms with Crippen LogP contribution in [0.15, 0.2) is 40.9 Å². The average molecular weight is 301 g/mol. The average Bonchev–Trinajstić information content (AvgIpc) is 2.23. The summed E-state index contributed by atoms with van der Waals surface area (Å²) in [5.41, 5.74) is 1.90. The molecule has 75 valence electrons. The summed E-state index contributed by atoms with van der Waals surface area (Å²) in [5, 5.41) is 1.35. The van der Waals surface area contributed by atoms with Crippen LogP contribution < -0.4 is 0 Å². The smallest absolute Gasteiger partial charge is 0.0485 e. The van der Waals surface area contributed by atoms with Crippen LogP contribution in [-0.2, 0) is 0 Å². The maximum Gasteiger partial charge on any atom is 0.0485 e. The van der Waals surface area contributed by atoms with Crippen LogP contribution in [0.1, 0.15) is 0 Å². The minimum Gasteiger partial charge on any atom is -0.0843 e. The van der Waals surface area contributed by atoms with Crippen molar-refractivity contribution in [3.05, 3.63) is 57.0 Å². The van der Waals surface area contributed by atoms with E-state index in [1.54, 1.807) is 12.1 Å². The normalized spacial score (nSPS) is 10.3. The molecule has 0 heterocycles. The molecule has 0 aliphatic carbocycles. The molecule has 0 aromatic heterocycles. The van der Waals surface area contributed by atoms with Gasteiger partial charge < -0.3 is 0 Å². The Labute approximate surface area is 107 Å². The van der Waals surface area contributed by atoms with Crippen LogP contribution in [-0.4, -0.2) is 0 Å². The van der Waals surface area contributed by atoms with E-state index in [9.17, 15) is 0 Å². The molecule has 1 radical (unpaired) electrons. The Morgan fingerprint density at radius 2 is 1.87 bits per heavy atom. The Bertz CT molecular complexity index is 495. The van der Waals surface area contributed by atoms with Crippen molar-refractivity contribution in [2.75, 3.05) is 0 Å². The molecular weight excluding hydrogens is 295 g/mol. The summed E-state index contributed by atoms with van der Waals surface area (Å²) in [4.78, 5) is 0. The molecule has 0 fully saturated rings. The van der Waals surface area contributed by atoms with Crippen molar-refractivity contribution in [2.24, 2.45) is 0 Å². The maximum absolute atomic E-state index is 6.11. The van der Waals surface area contributed by atoms with Crippen molar-refractivity contribution >= 4 is 39.1 Å². The summed E-state index contributed by atoms with van der Waals surface area (Å²) in [5.74, 6) is 0. The van der Waals surface area contributed by atoms with E-state index in [-0.39, 0.29) is 0 Å². The van der Waals surface area contributed by atoms with Gasteiger partial charge >= 0.3 is 0 Å². The van der Waals surface area contributed by atoms with Gasteiger partial charge in [0.1, 0.15) is 0 Å². The summed E-state index contributed by atoms with van der Waals surface area (Å²) >= 11 is 15.5. The van der Waals surface area contributed by atoms with E-state index < -0.39 is 0 Å². The Hall–Kier alpha value is -0.500. The van der Waals surface area contributed by atoms with Crippen molar-refractivity contribution < 1.29 is 0 Å². The summed E-state index contributed by atoms with van der Waals surface area (Å²) in [6.07, 6.45) is 0. The second-order valence-electron chi connectivity index (χ2n) is 3.02. The lowest BCUT2D eigenvalue weighted by atomic mass is 10.1. The van der Waals surface area contributed by atoms with Crippen LogP contribution in [0, 0.1) is 6.07 Å². The second kappa shape index (κ2) is 4.56. The molecule has 0 aliphatic heterocycles. The number of halogens is 3. The molecule has 0 nitrogen and oxygen atoms in total. The standard InChI is InChI=1S/C12H6BrCl2/c13-11-4-2-1-3-9(11)10-7-8(14)5-6-12(10)15/h1-3,5-7H. The monoisotopic (exact) mass is 299 g/mol. The fraction of sp³-hybridized carbons (Fsp3) is 0. The third-order valence-electron chi connectivity index (χ3n) is 2.02. The molecule has 3 heteroatoms. The van der Waals surface area contributed by atoms with Crippen LogP contribution >= 0.6 is 39.1 Å². The van der Waals surface area contributed by atoms with Gasteiger partial charge in [-0.05, 0) is 45.8 Å². The van der Waals surface area contributed by atoms with E-state index in [0.717, 1.165) is 15.6 Å². The lowest BCUT2D eigenvalue weighted by molar-refractivity contribution is 1.57. The predicted molar refractivity (Wildman–Crippen MR) is 68.4 cm³/mol. The molecule has 0 bridgehead atoms. The quantitative estimate of drug-likeness (QED) is 0.677. The first-order valence-electron chi connectivity index (χ1n) is 4.30. The third-order valence-corrected chi connectivity index (χ3v) is 3.24. The van der Waals surface area contributed by atoms with Gasteiger partial charge in [0.25, 0.3) is 0 Å². The van der Waals surface area contributed by atoms with Gasteiger partial charge in [-0.15, -0.1) is 0 Å². The van der Waals surface area contributed by atoms with Crippen molar-refractivity contribution in [1.29, 1.82) is 0 Å². The fourth-order valence-corrected chi connectivity index (χ4v) is 2.20. The molecule has 0 N–H and O–H groups in total. The zero-order chi connectivity index (χ0) is 10.8. The Kier molecular flexibility index (Phi) is 3.35. The highest BCUT2D eigenvalue weighted by Gasteiger charge is 2.07. The van der Waals surface area contributed by atoms with E-state index in [2.05, 4.69) is 22.0 Å². The molecule has 0 saturated heterocycles. The van der Waals surface area contributed by atoms with Gasteiger partial charge in [-0.3, -0.25) is 0 Å². The summed E-state index contributed by atoms with van der Waals surface area (Å²) in [7, 11) is 0. The molecule has 0 saturated carbocycles. The van der Waals surface area contributed by atoms with E-state index in [0.29, 0.717) is 10.0 Å². The van der Waals surface area contributed by atoms with Crippen LogP contribution in [0.5, 0.6) is 0 Å². The van der Waals surface area contributed by atoms with Gasteiger partial charge in [0, 0.05) is 20.1 Å². The van der Waals surface area contributed by atoms with E-state index in [1.165, 1.54) is 0 Å². The number of benzene rings is 2. The van der Waals surface area contributed by atoms with E-state index in [4.69, 9.17) is 23.2 Å². The zero-order valence-corrected chi connectivity index (χ0v) is 10.7. The molecular formula is C12H6BrCl2. The van der Waals surface area contributed by atoms with Crippen molar-refractivity contribution in [3.8, 4) is 11.1 Å². The topological polar surface area (TPSA) is 0 Å². The van der Waals surface area contributed by atoms with Gasteiger partial charge in [0.15, 0.2) is 0 Å². The number of hydrogen-bond acceptors (Lipinski definition) is 0. The first-order chi connectivity index (χ1) is 7.18. The van der Waals surface area contributed by atoms with Crippen molar-refractivity contribution in [2.45, 2.75) is 0 Å². The maximum atomic E-state index is 6.11. The van der Waals surface area contributed by atoms with Crippen molar-refractivity contribution in [1.82, 2.24) is 0 Å². The lowest BCUT2D eigenvalue weighted by Crippen LogP contribution is -1.81. The molecule has 15 heavy (non-hydrogen) atoms. The van der Waals surface area contributed by atoms with Crippen LogP contribution in [0.3, 0.4) is 0 Å². The van der Waals surface area contributed by atoms with Gasteiger partial charge in [-0.1, -0.05) is 41.4 Å². The van der Waals surface area contributed by atoms with E-state index >= 15 is 0 Å². The van der Waals surface area contributed by atoms with Gasteiger partial charge in [-0.25, -0.2) is 0 Å². The summed E-state index contributed by atoms with van der Waals surface area (Å²) in [6, 6.07) is 14.2. The minimum absolute atomic E-state index is 0.671. The molecule has 0 unspecified atom stereocenters. The highest BCUT2D eigenvalue weighted by atomic mass is 79.9. The first kappa shape index (κ1) is 11.0. The molecule has 0 amide bonds. The molecule has 0 aliphatic rings.